The van der Waals surface area contributed by atoms with Gasteiger partial charge in [-0.2, -0.15) is 0 Å². The molecule has 3 fully saturated rings. The number of likely N-dealkylation sites (N-methyl/N-ethyl adjacent to an activating group) is 1. The number of amides is 3. The highest BCUT2D eigenvalue weighted by Gasteiger charge is 2.53. The smallest absolute Gasteiger partial charge is 0.320 e. The molecule has 3 amide bonds. The fraction of sp³-hybridized carbons (Fsp3) is 0.882. The van der Waals surface area contributed by atoms with Crippen LogP contribution in [0.15, 0.2) is 0 Å². The van der Waals surface area contributed by atoms with Gasteiger partial charge < -0.3 is 19.4 Å². The average Bonchev–Trinajstić information content (AvgIpc) is 3.05. The summed E-state index contributed by atoms with van der Waals surface area (Å²) >= 11 is 0. The van der Waals surface area contributed by atoms with Gasteiger partial charge in [0.25, 0.3) is 0 Å². The predicted octanol–water partition coefficient (Wildman–Crippen LogP) is 1.55. The van der Waals surface area contributed by atoms with Crippen molar-refractivity contribution >= 4 is 11.9 Å². The lowest BCUT2D eigenvalue weighted by atomic mass is 9.92. The summed E-state index contributed by atoms with van der Waals surface area (Å²) in [5.41, 5.74) is -0.138. The zero-order valence-corrected chi connectivity index (χ0v) is 14.6. The molecule has 6 heteroatoms. The van der Waals surface area contributed by atoms with Gasteiger partial charge in [0.05, 0.1) is 12.1 Å². The number of likely N-dealkylation sites (tertiary alicyclic amines) is 1. The van der Waals surface area contributed by atoms with Crippen LogP contribution in [0.5, 0.6) is 0 Å². The zero-order valence-electron chi connectivity index (χ0n) is 14.6. The Bertz CT molecular complexity index is 466. The molecule has 1 atom stereocenters. The molecular formula is C17H29N3O3. The summed E-state index contributed by atoms with van der Waals surface area (Å²) in [6.45, 7) is 7.83. The molecule has 3 saturated heterocycles. The number of hydrogen-bond donors (Lipinski definition) is 0. The summed E-state index contributed by atoms with van der Waals surface area (Å²) in [4.78, 5) is 30.7. The summed E-state index contributed by atoms with van der Waals surface area (Å²) < 4.78 is 5.62. The number of rotatable bonds is 3. The first-order valence-corrected chi connectivity index (χ1v) is 8.83. The standard InChI is InChI=1S/C17H29N3O3/c1-13(2)10-15(21)19-7-4-14(5-8-19)20-16(22)18(3)11-17(20)6-9-23-12-17/h13-14H,4-12H2,1-3H3. The van der Waals surface area contributed by atoms with Gasteiger partial charge in [-0.3, -0.25) is 4.79 Å². The van der Waals surface area contributed by atoms with Crippen LogP contribution in [-0.2, 0) is 9.53 Å². The van der Waals surface area contributed by atoms with Crippen molar-refractivity contribution in [2.45, 2.75) is 51.1 Å². The summed E-state index contributed by atoms with van der Waals surface area (Å²) in [6.07, 6.45) is 3.31. The molecule has 0 radical (unpaired) electrons. The summed E-state index contributed by atoms with van der Waals surface area (Å²) in [5.74, 6) is 0.648. The van der Waals surface area contributed by atoms with Crippen LogP contribution in [0.4, 0.5) is 4.79 Å². The minimum Gasteiger partial charge on any atom is -0.379 e. The molecule has 0 saturated carbocycles. The second-order valence-electron chi connectivity index (χ2n) is 7.75. The van der Waals surface area contributed by atoms with Gasteiger partial charge in [0, 0.05) is 45.8 Å². The first-order valence-electron chi connectivity index (χ1n) is 8.83. The van der Waals surface area contributed by atoms with E-state index < -0.39 is 0 Å². The van der Waals surface area contributed by atoms with Crippen LogP contribution < -0.4 is 0 Å². The minimum absolute atomic E-state index is 0.127. The maximum atomic E-state index is 12.6. The predicted molar refractivity (Wildman–Crippen MR) is 87.1 cm³/mol. The summed E-state index contributed by atoms with van der Waals surface area (Å²) in [7, 11) is 1.88. The van der Waals surface area contributed by atoms with Crippen molar-refractivity contribution in [1.82, 2.24) is 14.7 Å². The van der Waals surface area contributed by atoms with E-state index in [9.17, 15) is 9.59 Å². The maximum absolute atomic E-state index is 12.6. The van der Waals surface area contributed by atoms with Crippen molar-refractivity contribution in [2.24, 2.45) is 5.92 Å². The van der Waals surface area contributed by atoms with Crippen LogP contribution in [0, 0.1) is 5.92 Å². The van der Waals surface area contributed by atoms with Crippen molar-refractivity contribution < 1.29 is 14.3 Å². The number of urea groups is 1. The Kier molecular flexibility index (Phi) is 4.54. The molecule has 0 aromatic carbocycles. The fourth-order valence-corrected chi connectivity index (χ4v) is 4.28. The van der Waals surface area contributed by atoms with Gasteiger partial charge in [-0.1, -0.05) is 13.8 Å². The molecule has 1 spiro atoms. The minimum atomic E-state index is -0.138. The van der Waals surface area contributed by atoms with Crippen LogP contribution in [0.3, 0.4) is 0 Å². The second kappa shape index (κ2) is 6.30. The van der Waals surface area contributed by atoms with Gasteiger partial charge in [0.2, 0.25) is 5.91 Å². The quantitative estimate of drug-likeness (QED) is 0.792. The fourth-order valence-electron chi connectivity index (χ4n) is 4.28. The SMILES string of the molecule is CC(C)CC(=O)N1CCC(N2C(=O)N(C)CC23CCOC3)CC1. The number of carbonyl (C=O) groups is 2. The highest BCUT2D eigenvalue weighted by molar-refractivity contribution is 5.79. The summed E-state index contributed by atoms with van der Waals surface area (Å²) in [6, 6.07) is 0.361. The van der Waals surface area contributed by atoms with E-state index in [2.05, 4.69) is 18.7 Å². The van der Waals surface area contributed by atoms with Gasteiger partial charge >= 0.3 is 6.03 Å². The third-order valence-corrected chi connectivity index (χ3v) is 5.42. The molecule has 3 rings (SSSR count). The molecule has 0 aliphatic carbocycles. The highest BCUT2D eigenvalue weighted by atomic mass is 16.5. The van der Waals surface area contributed by atoms with Gasteiger partial charge in [0.15, 0.2) is 0 Å². The number of hydrogen-bond acceptors (Lipinski definition) is 3. The lowest BCUT2D eigenvalue weighted by Gasteiger charge is -2.42. The Balaban J connectivity index is 1.64. The van der Waals surface area contributed by atoms with E-state index in [1.165, 1.54) is 0 Å². The number of nitrogens with zero attached hydrogens (tertiary/aromatic N) is 3. The molecule has 0 aromatic rings. The van der Waals surface area contributed by atoms with Crippen LogP contribution in [0.2, 0.25) is 0 Å². The molecule has 130 valence electrons. The van der Waals surface area contributed by atoms with E-state index in [0.717, 1.165) is 45.5 Å². The van der Waals surface area contributed by atoms with E-state index in [1.54, 1.807) is 0 Å². The molecule has 0 aromatic heterocycles. The van der Waals surface area contributed by atoms with Gasteiger partial charge in [-0.25, -0.2) is 4.79 Å². The molecular weight excluding hydrogens is 294 g/mol. The summed E-state index contributed by atoms with van der Waals surface area (Å²) in [5, 5.41) is 0. The maximum Gasteiger partial charge on any atom is 0.320 e. The second-order valence-corrected chi connectivity index (χ2v) is 7.75. The molecule has 23 heavy (non-hydrogen) atoms. The van der Waals surface area contributed by atoms with E-state index in [1.807, 2.05) is 16.8 Å². The van der Waals surface area contributed by atoms with Crippen LogP contribution >= 0.6 is 0 Å². The van der Waals surface area contributed by atoms with Gasteiger partial charge in [-0.05, 0) is 25.2 Å². The molecule has 0 N–H and O–H groups in total. The normalized spacial score (nSPS) is 29.4. The number of piperidine rings is 1. The lowest BCUT2D eigenvalue weighted by molar-refractivity contribution is -0.133. The molecule has 1 unspecified atom stereocenters. The first-order chi connectivity index (χ1) is 10.9. The average molecular weight is 323 g/mol. The molecule has 3 aliphatic rings. The van der Waals surface area contributed by atoms with E-state index in [0.29, 0.717) is 18.9 Å². The van der Waals surface area contributed by atoms with Crippen molar-refractivity contribution in [2.75, 3.05) is 39.9 Å². The molecule has 3 heterocycles. The van der Waals surface area contributed by atoms with Crippen molar-refractivity contribution in [3.8, 4) is 0 Å². The van der Waals surface area contributed by atoms with Crippen molar-refractivity contribution in [3.05, 3.63) is 0 Å². The zero-order chi connectivity index (χ0) is 16.6. The molecule has 3 aliphatic heterocycles. The Labute approximate surface area is 138 Å². The van der Waals surface area contributed by atoms with E-state index in [-0.39, 0.29) is 23.5 Å². The molecule has 6 nitrogen and oxygen atoms in total. The Hall–Kier alpha value is -1.30. The largest absolute Gasteiger partial charge is 0.379 e. The van der Waals surface area contributed by atoms with Crippen LogP contribution in [0.1, 0.15) is 39.5 Å². The third-order valence-electron chi connectivity index (χ3n) is 5.42. The van der Waals surface area contributed by atoms with Gasteiger partial charge in [0.1, 0.15) is 0 Å². The monoisotopic (exact) mass is 323 g/mol. The third kappa shape index (κ3) is 3.05. The van der Waals surface area contributed by atoms with E-state index in [4.69, 9.17) is 4.74 Å². The Morgan fingerprint density at radius 2 is 2.04 bits per heavy atom. The van der Waals surface area contributed by atoms with Gasteiger partial charge in [-0.15, -0.1) is 0 Å². The Morgan fingerprint density at radius 3 is 2.61 bits per heavy atom. The van der Waals surface area contributed by atoms with Crippen molar-refractivity contribution in [3.63, 3.8) is 0 Å². The topological polar surface area (TPSA) is 53.1 Å². The number of ether oxygens (including phenoxy) is 1. The Morgan fingerprint density at radius 1 is 1.35 bits per heavy atom. The van der Waals surface area contributed by atoms with Crippen molar-refractivity contribution in [1.29, 1.82) is 0 Å². The first kappa shape index (κ1) is 16.6. The van der Waals surface area contributed by atoms with Crippen LogP contribution in [0.25, 0.3) is 0 Å². The lowest BCUT2D eigenvalue weighted by Crippen LogP contribution is -2.56. The van der Waals surface area contributed by atoms with Crippen LogP contribution in [-0.4, -0.2) is 78.1 Å². The van der Waals surface area contributed by atoms with E-state index >= 15 is 0 Å². The molecule has 0 bridgehead atoms. The highest BCUT2D eigenvalue weighted by Crippen LogP contribution is 2.37. The number of carbonyl (C=O) groups excluding carboxylic acids is 2.